The number of nitrogens with zero attached hydrogens (tertiary/aromatic N) is 4. The van der Waals surface area contributed by atoms with Gasteiger partial charge in [0.2, 0.25) is 5.91 Å². The number of H-pyrrole nitrogens is 1. The van der Waals surface area contributed by atoms with Crippen molar-refractivity contribution in [2.45, 2.75) is 32.7 Å². The summed E-state index contributed by atoms with van der Waals surface area (Å²) in [5.41, 5.74) is 0. The highest BCUT2D eigenvalue weighted by Gasteiger charge is 2.29. The van der Waals surface area contributed by atoms with Crippen LogP contribution in [0.15, 0.2) is 0 Å². The van der Waals surface area contributed by atoms with Crippen LogP contribution < -0.4 is 0 Å². The van der Waals surface area contributed by atoms with Crippen LogP contribution in [-0.2, 0) is 22.5 Å². The highest BCUT2D eigenvalue weighted by atomic mass is 16.5. The van der Waals surface area contributed by atoms with Gasteiger partial charge in [0.15, 0.2) is 0 Å². The number of hydrogen-bond acceptors (Lipinski definition) is 5. The normalized spacial score (nSPS) is 23.7. The van der Waals surface area contributed by atoms with E-state index in [1.54, 1.807) is 0 Å². The maximum absolute atomic E-state index is 12.5. The fourth-order valence-corrected chi connectivity index (χ4v) is 3.11. The molecule has 3 rings (SSSR count). The summed E-state index contributed by atoms with van der Waals surface area (Å²) in [6.07, 6.45) is 2.73. The van der Waals surface area contributed by atoms with Gasteiger partial charge >= 0.3 is 0 Å². The first kappa shape index (κ1) is 15.4. The molecule has 0 spiro atoms. The lowest BCUT2D eigenvalue weighted by molar-refractivity contribution is -0.135. The molecule has 3 heterocycles. The number of ether oxygens (including phenoxy) is 1. The molecule has 0 radical (unpaired) electrons. The Morgan fingerprint density at radius 3 is 3.00 bits per heavy atom. The predicted molar refractivity (Wildman–Crippen MR) is 81.2 cm³/mol. The van der Waals surface area contributed by atoms with E-state index in [1.165, 1.54) is 0 Å². The lowest BCUT2D eigenvalue weighted by Gasteiger charge is -2.23. The average Bonchev–Trinajstić information content (AvgIpc) is 3.16. The topological polar surface area (TPSA) is 74.4 Å². The summed E-state index contributed by atoms with van der Waals surface area (Å²) in [6, 6.07) is 0. The first-order valence-electron chi connectivity index (χ1n) is 8.25. The minimum atomic E-state index is 0.0768. The van der Waals surface area contributed by atoms with Crippen molar-refractivity contribution in [2.75, 3.05) is 39.4 Å². The molecule has 1 aromatic heterocycles. The molecule has 0 aliphatic carbocycles. The number of hydrogen-bond donors (Lipinski definition) is 1. The standard InChI is InChI=1S/C15H25N5O2/c1-2-13-16-14(18-17-13)10-19-5-3-6-20(8-7-19)15(21)12-4-9-22-11-12/h12H,2-11H2,1H3,(H,16,17,18). The van der Waals surface area contributed by atoms with Gasteiger partial charge in [0.25, 0.3) is 0 Å². The highest BCUT2D eigenvalue weighted by molar-refractivity contribution is 5.79. The zero-order valence-electron chi connectivity index (χ0n) is 13.3. The molecule has 0 bridgehead atoms. The lowest BCUT2D eigenvalue weighted by atomic mass is 10.1. The van der Waals surface area contributed by atoms with Crippen molar-refractivity contribution >= 4 is 5.91 Å². The van der Waals surface area contributed by atoms with Gasteiger partial charge in [-0.1, -0.05) is 6.92 Å². The molecule has 2 saturated heterocycles. The van der Waals surface area contributed by atoms with Crippen LogP contribution in [-0.4, -0.2) is 70.3 Å². The molecule has 7 heteroatoms. The average molecular weight is 307 g/mol. The Hall–Kier alpha value is -1.47. The molecule has 2 aliphatic rings. The van der Waals surface area contributed by atoms with Crippen LogP contribution in [0.25, 0.3) is 0 Å². The Morgan fingerprint density at radius 1 is 1.36 bits per heavy atom. The summed E-state index contributed by atoms with van der Waals surface area (Å²) in [7, 11) is 0. The van der Waals surface area contributed by atoms with Crippen molar-refractivity contribution in [3.05, 3.63) is 11.6 Å². The number of aromatic amines is 1. The van der Waals surface area contributed by atoms with Gasteiger partial charge in [0.05, 0.1) is 19.1 Å². The van der Waals surface area contributed by atoms with Gasteiger partial charge in [0, 0.05) is 39.2 Å². The Labute approximate surface area is 131 Å². The quantitative estimate of drug-likeness (QED) is 0.873. The maximum atomic E-state index is 12.5. The van der Waals surface area contributed by atoms with E-state index in [4.69, 9.17) is 4.74 Å². The first-order chi connectivity index (χ1) is 10.8. The molecule has 0 saturated carbocycles. The third-order valence-corrected chi connectivity index (χ3v) is 4.45. The molecule has 1 N–H and O–H groups in total. The van der Waals surface area contributed by atoms with Gasteiger partial charge in [-0.25, -0.2) is 4.98 Å². The zero-order chi connectivity index (χ0) is 15.4. The number of carbonyl (C=O) groups excluding carboxylic acids is 1. The van der Waals surface area contributed by atoms with E-state index in [1.807, 2.05) is 4.90 Å². The van der Waals surface area contributed by atoms with Crippen LogP contribution >= 0.6 is 0 Å². The summed E-state index contributed by atoms with van der Waals surface area (Å²) in [5, 5.41) is 7.18. The fraction of sp³-hybridized carbons (Fsp3) is 0.800. The number of aromatic nitrogens is 3. The summed E-state index contributed by atoms with van der Waals surface area (Å²) >= 11 is 0. The van der Waals surface area contributed by atoms with E-state index >= 15 is 0 Å². The van der Waals surface area contributed by atoms with Crippen molar-refractivity contribution in [3.8, 4) is 0 Å². The van der Waals surface area contributed by atoms with Crippen LogP contribution in [0.5, 0.6) is 0 Å². The van der Waals surface area contributed by atoms with Crippen LogP contribution in [0.3, 0.4) is 0 Å². The highest BCUT2D eigenvalue weighted by Crippen LogP contribution is 2.17. The summed E-state index contributed by atoms with van der Waals surface area (Å²) in [6.45, 7) is 7.68. The third-order valence-electron chi connectivity index (χ3n) is 4.45. The summed E-state index contributed by atoms with van der Waals surface area (Å²) in [4.78, 5) is 21.3. The second-order valence-electron chi connectivity index (χ2n) is 6.07. The second-order valence-corrected chi connectivity index (χ2v) is 6.07. The SMILES string of the molecule is CCc1n[nH]c(CN2CCCN(C(=O)C3CCOC3)CC2)n1. The van der Waals surface area contributed by atoms with Crippen LogP contribution in [0.1, 0.15) is 31.4 Å². The van der Waals surface area contributed by atoms with E-state index in [2.05, 4.69) is 27.0 Å². The molecule has 2 fully saturated rings. The Bertz CT molecular complexity index is 498. The van der Waals surface area contributed by atoms with Crippen LogP contribution in [0.4, 0.5) is 0 Å². The molecule has 1 atom stereocenters. The smallest absolute Gasteiger partial charge is 0.228 e. The molecule has 122 valence electrons. The molecular formula is C15H25N5O2. The number of nitrogens with one attached hydrogen (secondary N) is 1. The zero-order valence-corrected chi connectivity index (χ0v) is 13.3. The van der Waals surface area contributed by atoms with E-state index in [0.717, 1.165) is 70.2 Å². The molecule has 1 unspecified atom stereocenters. The molecule has 2 aliphatic heterocycles. The van der Waals surface area contributed by atoms with Gasteiger partial charge in [0.1, 0.15) is 11.6 Å². The van der Waals surface area contributed by atoms with Gasteiger partial charge in [-0.2, -0.15) is 5.10 Å². The molecule has 0 aromatic carbocycles. The number of carbonyl (C=O) groups is 1. The summed E-state index contributed by atoms with van der Waals surface area (Å²) < 4.78 is 5.34. The molecule has 7 nitrogen and oxygen atoms in total. The van der Waals surface area contributed by atoms with Crippen molar-refractivity contribution in [3.63, 3.8) is 0 Å². The third kappa shape index (κ3) is 3.64. The Kier molecular flexibility index (Phi) is 5.04. The van der Waals surface area contributed by atoms with Gasteiger partial charge < -0.3 is 9.64 Å². The van der Waals surface area contributed by atoms with Crippen LogP contribution in [0.2, 0.25) is 0 Å². The fourth-order valence-electron chi connectivity index (χ4n) is 3.11. The van der Waals surface area contributed by atoms with E-state index in [0.29, 0.717) is 6.61 Å². The molecule has 1 aromatic rings. The van der Waals surface area contributed by atoms with Crippen LogP contribution in [0, 0.1) is 5.92 Å². The van der Waals surface area contributed by atoms with Gasteiger partial charge in [-0.15, -0.1) is 0 Å². The van der Waals surface area contributed by atoms with Gasteiger partial charge in [-0.05, 0) is 12.8 Å². The number of rotatable bonds is 4. The van der Waals surface area contributed by atoms with E-state index in [-0.39, 0.29) is 11.8 Å². The molecule has 22 heavy (non-hydrogen) atoms. The van der Waals surface area contributed by atoms with Crippen molar-refractivity contribution in [2.24, 2.45) is 5.92 Å². The molecule has 1 amide bonds. The minimum Gasteiger partial charge on any atom is -0.381 e. The first-order valence-corrected chi connectivity index (χ1v) is 8.25. The monoisotopic (exact) mass is 307 g/mol. The minimum absolute atomic E-state index is 0.0768. The number of aryl methyl sites for hydroxylation is 1. The largest absolute Gasteiger partial charge is 0.381 e. The maximum Gasteiger partial charge on any atom is 0.228 e. The van der Waals surface area contributed by atoms with Crippen molar-refractivity contribution in [1.82, 2.24) is 25.0 Å². The lowest BCUT2D eigenvalue weighted by Crippen LogP contribution is -2.39. The Morgan fingerprint density at radius 2 is 2.27 bits per heavy atom. The van der Waals surface area contributed by atoms with E-state index in [9.17, 15) is 4.79 Å². The van der Waals surface area contributed by atoms with Crippen molar-refractivity contribution < 1.29 is 9.53 Å². The second kappa shape index (κ2) is 7.19. The predicted octanol–water partition coefficient (Wildman–Crippen LogP) is 0.438. The summed E-state index contributed by atoms with van der Waals surface area (Å²) in [5.74, 6) is 2.13. The number of amides is 1. The van der Waals surface area contributed by atoms with Gasteiger partial charge in [-0.3, -0.25) is 14.8 Å². The van der Waals surface area contributed by atoms with E-state index < -0.39 is 0 Å². The van der Waals surface area contributed by atoms with Crippen molar-refractivity contribution in [1.29, 1.82) is 0 Å². The Balaban J connectivity index is 1.52. The molecular weight excluding hydrogens is 282 g/mol.